The average Bonchev–Trinajstić information content (AvgIpc) is 2.60. The van der Waals surface area contributed by atoms with Gasteiger partial charge in [0.25, 0.3) is 0 Å². The molecule has 126 valence electrons. The molecule has 0 bridgehead atoms. The van der Waals surface area contributed by atoms with Gasteiger partial charge in [-0.15, -0.1) is 0 Å². The maximum atomic E-state index is 8.60. The zero-order chi connectivity index (χ0) is 16.7. The van der Waals surface area contributed by atoms with Crippen LogP contribution < -0.4 is 19.6 Å². The number of nitriles is 1. The molecular weight excluding hydrogens is 296 g/mol. The normalized spacial score (nSPS) is 15.9. The predicted molar refractivity (Wildman–Crippen MR) is 86.6 cm³/mol. The van der Waals surface area contributed by atoms with E-state index in [9.17, 15) is 0 Å². The first-order valence-corrected chi connectivity index (χ1v) is 7.58. The van der Waals surface area contributed by atoms with E-state index in [0.717, 1.165) is 38.3 Å². The first-order chi connectivity index (χ1) is 11.2. The van der Waals surface area contributed by atoms with E-state index in [0.29, 0.717) is 23.8 Å². The molecule has 1 N–H and O–H groups in total. The van der Waals surface area contributed by atoms with Crippen molar-refractivity contribution in [3.05, 3.63) is 17.7 Å². The van der Waals surface area contributed by atoms with Gasteiger partial charge in [-0.1, -0.05) is 0 Å². The number of ether oxygens (including phenoxy) is 3. The van der Waals surface area contributed by atoms with Crippen LogP contribution in [0.3, 0.4) is 0 Å². The fraction of sp³-hybridized carbons (Fsp3) is 0.562. The number of piperazine rings is 1. The Kier molecular flexibility index (Phi) is 6.47. The largest absolute Gasteiger partial charge is 0.493 e. The maximum absolute atomic E-state index is 8.60. The van der Waals surface area contributed by atoms with Crippen molar-refractivity contribution >= 4 is 0 Å². The van der Waals surface area contributed by atoms with Gasteiger partial charge >= 0.3 is 0 Å². The highest BCUT2D eigenvalue weighted by molar-refractivity contribution is 5.53. The van der Waals surface area contributed by atoms with E-state index in [1.807, 2.05) is 12.1 Å². The zero-order valence-electron chi connectivity index (χ0n) is 14.0. The Balaban J connectivity index is 2.00. The highest BCUT2D eigenvalue weighted by Gasteiger charge is 2.19. The molecule has 0 radical (unpaired) electrons. The van der Waals surface area contributed by atoms with Gasteiger partial charge in [-0.25, -0.2) is 10.4 Å². The van der Waals surface area contributed by atoms with Crippen molar-refractivity contribution in [1.82, 2.24) is 15.3 Å². The van der Waals surface area contributed by atoms with E-state index >= 15 is 0 Å². The second-order valence-electron chi connectivity index (χ2n) is 5.29. The van der Waals surface area contributed by atoms with Gasteiger partial charge in [0.15, 0.2) is 11.5 Å². The van der Waals surface area contributed by atoms with Gasteiger partial charge in [-0.3, -0.25) is 4.90 Å². The standard InChI is InChI=1S/C16H24N4O3/c1-21-14-10-13(11-15(22-2)16(14)23-3)12-19-6-8-20(9-7-19)18-5-4-17/h10-11,18H,5-9,12H2,1-3H3. The smallest absolute Gasteiger partial charge is 0.203 e. The quantitative estimate of drug-likeness (QED) is 0.747. The highest BCUT2D eigenvalue weighted by Crippen LogP contribution is 2.38. The van der Waals surface area contributed by atoms with Crippen LogP contribution in [0.15, 0.2) is 12.1 Å². The SMILES string of the molecule is COc1cc(CN2CCN(NCC#N)CC2)cc(OC)c1OC. The lowest BCUT2D eigenvalue weighted by Crippen LogP contribution is -2.51. The van der Waals surface area contributed by atoms with Gasteiger partial charge in [0.05, 0.1) is 33.9 Å². The van der Waals surface area contributed by atoms with Crippen molar-refractivity contribution in [2.75, 3.05) is 54.1 Å². The number of methoxy groups -OCH3 is 3. The fourth-order valence-corrected chi connectivity index (χ4v) is 2.70. The summed E-state index contributed by atoms with van der Waals surface area (Å²) in [6.45, 7) is 4.85. The molecule has 0 saturated carbocycles. The first-order valence-electron chi connectivity index (χ1n) is 7.58. The lowest BCUT2D eigenvalue weighted by molar-refractivity contribution is 0.0902. The molecule has 1 aromatic carbocycles. The van der Waals surface area contributed by atoms with Crippen molar-refractivity contribution in [2.24, 2.45) is 0 Å². The Morgan fingerprint density at radius 2 is 1.65 bits per heavy atom. The summed E-state index contributed by atoms with van der Waals surface area (Å²) in [6.07, 6.45) is 0. The van der Waals surface area contributed by atoms with Gasteiger partial charge in [-0.2, -0.15) is 5.26 Å². The van der Waals surface area contributed by atoms with Gasteiger partial charge in [0.1, 0.15) is 0 Å². The molecule has 1 saturated heterocycles. The minimum Gasteiger partial charge on any atom is -0.493 e. The predicted octanol–water partition coefficient (Wildman–Crippen LogP) is 0.858. The molecule has 0 amide bonds. The van der Waals surface area contributed by atoms with Crippen molar-refractivity contribution in [2.45, 2.75) is 6.54 Å². The van der Waals surface area contributed by atoms with E-state index in [-0.39, 0.29) is 0 Å². The molecule has 0 atom stereocenters. The van der Waals surface area contributed by atoms with E-state index in [2.05, 4.69) is 21.4 Å². The van der Waals surface area contributed by atoms with E-state index in [4.69, 9.17) is 19.5 Å². The summed E-state index contributed by atoms with van der Waals surface area (Å²) in [6, 6.07) is 6.07. The summed E-state index contributed by atoms with van der Waals surface area (Å²) >= 11 is 0. The molecule has 0 unspecified atom stereocenters. The molecule has 1 heterocycles. The van der Waals surface area contributed by atoms with Gasteiger partial charge < -0.3 is 14.2 Å². The van der Waals surface area contributed by atoms with E-state index in [1.165, 1.54) is 0 Å². The molecule has 7 heteroatoms. The number of nitrogens with one attached hydrogen (secondary N) is 1. The van der Waals surface area contributed by atoms with Crippen LogP contribution in [0.4, 0.5) is 0 Å². The van der Waals surface area contributed by atoms with Crippen LogP contribution in [0, 0.1) is 11.3 Å². The Hall–Kier alpha value is -2.01. The molecule has 1 aliphatic heterocycles. The third-order valence-electron chi connectivity index (χ3n) is 3.88. The number of hydrogen-bond donors (Lipinski definition) is 1. The minimum atomic E-state index is 0.354. The van der Waals surface area contributed by atoms with Crippen LogP contribution >= 0.6 is 0 Å². The second kappa shape index (κ2) is 8.58. The van der Waals surface area contributed by atoms with Crippen LogP contribution in [-0.4, -0.2) is 64.0 Å². The number of hydrogen-bond acceptors (Lipinski definition) is 7. The summed E-state index contributed by atoms with van der Waals surface area (Å²) in [5.74, 6) is 1.97. The van der Waals surface area contributed by atoms with Crippen LogP contribution in [0.2, 0.25) is 0 Å². The highest BCUT2D eigenvalue weighted by atomic mass is 16.5. The Labute approximate surface area is 137 Å². The van der Waals surface area contributed by atoms with Gasteiger partial charge in [0.2, 0.25) is 5.75 Å². The monoisotopic (exact) mass is 320 g/mol. The molecule has 2 rings (SSSR count). The number of nitrogens with zero attached hydrogens (tertiary/aromatic N) is 3. The summed E-state index contributed by atoms with van der Waals surface area (Å²) < 4.78 is 16.1. The molecule has 1 aliphatic rings. The van der Waals surface area contributed by atoms with Crippen molar-refractivity contribution in [3.63, 3.8) is 0 Å². The van der Waals surface area contributed by atoms with Gasteiger partial charge in [-0.05, 0) is 17.7 Å². The molecule has 0 spiro atoms. The third-order valence-corrected chi connectivity index (χ3v) is 3.88. The topological polar surface area (TPSA) is 70.0 Å². The Bertz CT molecular complexity index is 526. The molecule has 0 aliphatic carbocycles. The number of rotatable bonds is 7. The maximum Gasteiger partial charge on any atom is 0.203 e. The van der Waals surface area contributed by atoms with Crippen LogP contribution in [0.5, 0.6) is 17.2 Å². The average molecular weight is 320 g/mol. The summed E-state index contributed by atoms with van der Waals surface area (Å²) in [7, 11) is 4.86. The lowest BCUT2D eigenvalue weighted by atomic mass is 10.1. The van der Waals surface area contributed by atoms with Crippen LogP contribution in [-0.2, 0) is 6.54 Å². The summed E-state index contributed by atoms with van der Waals surface area (Å²) in [4.78, 5) is 2.37. The lowest BCUT2D eigenvalue weighted by Gasteiger charge is -2.34. The summed E-state index contributed by atoms with van der Waals surface area (Å²) in [5, 5.41) is 10.7. The van der Waals surface area contributed by atoms with E-state index in [1.54, 1.807) is 21.3 Å². The zero-order valence-corrected chi connectivity index (χ0v) is 14.0. The Morgan fingerprint density at radius 1 is 1.04 bits per heavy atom. The third kappa shape index (κ3) is 4.48. The molecule has 1 fully saturated rings. The molecule has 1 aromatic rings. The van der Waals surface area contributed by atoms with Crippen molar-refractivity contribution in [3.8, 4) is 23.3 Å². The van der Waals surface area contributed by atoms with Gasteiger partial charge in [0, 0.05) is 32.7 Å². The molecule has 23 heavy (non-hydrogen) atoms. The number of hydrazine groups is 1. The first kappa shape index (κ1) is 17.3. The Morgan fingerprint density at radius 3 is 2.13 bits per heavy atom. The van der Waals surface area contributed by atoms with Crippen molar-refractivity contribution in [1.29, 1.82) is 5.26 Å². The molecular formula is C16H24N4O3. The second-order valence-corrected chi connectivity index (χ2v) is 5.29. The summed E-state index contributed by atoms with van der Waals surface area (Å²) in [5.41, 5.74) is 4.22. The molecule has 7 nitrogen and oxygen atoms in total. The fourth-order valence-electron chi connectivity index (χ4n) is 2.70. The van der Waals surface area contributed by atoms with E-state index < -0.39 is 0 Å². The van der Waals surface area contributed by atoms with Crippen molar-refractivity contribution < 1.29 is 14.2 Å². The number of benzene rings is 1. The van der Waals surface area contributed by atoms with Crippen LogP contribution in [0.1, 0.15) is 5.56 Å². The minimum absolute atomic E-state index is 0.354. The van der Waals surface area contributed by atoms with Crippen LogP contribution in [0.25, 0.3) is 0 Å². The molecule has 0 aromatic heterocycles.